The first kappa shape index (κ1) is 18.0. The molecule has 22 heavy (non-hydrogen) atoms. The van der Waals surface area contributed by atoms with E-state index in [0.29, 0.717) is 12.8 Å². The molecule has 5 heteroatoms. The third-order valence-corrected chi connectivity index (χ3v) is 3.56. The predicted molar refractivity (Wildman–Crippen MR) is 85.4 cm³/mol. The smallest absolute Gasteiger partial charge is 0.411 e. The number of carbonyl (C=O) groups excluding carboxylic acids is 2. The summed E-state index contributed by atoms with van der Waals surface area (Å²) in [5.74, 6) is -0.535. The topological polar surface area (TPSA) is 55.8 Å². The highest BCUT2D eigenvalue weighted by Crippen LogP contribution is 2.37. The van der Waals surface area contributed by atoms with E-state index in [9.17, 15) is 9.59 Å². The molecule has 0 N–H and O–H groups in total. The molecule has 0 spiro atoms. The summed E-state index contributed by atoms with van der Waals surface area (Å²) in [6.07, 6.45) is 5.29. The highest BCUT2D eigenvalue weighted by Gasteiger charge is 2.48. The minimum atomic E-state index is -0.792. The van der Waals surface area contributed by atoms with Crippen molar-refractivity contribution in [1.29, 1.82) is 0 Å². The van der Waals surface area contributed by atoms with E-state index in [1.165, 1.54) is 0 Å². The van der Waals surface area contributed by atoms with Gasteiger partial charge in [-0.2, -0.15) is 0 Å². The molecule has 2 atom stereocenters. The van der Waals surface area contributed by atoms with Gasteiger partial charge in [0.15, 0.2) is 0 Å². The van der Waals surface area contributed by atoms with Gasteiger partial charge in [-0.05, 0) is 33.6 Å². The Labute approximate surface area is 132 Å². The minimum absolute atomic E-state index is 0.0188. The standard InChI is InChI=1S/C17H25NO4/c1-7-13-10-11-17(9-3,12-21-14(19)8-2)18(13)15(20)22-16(4,5)6/h7-9,13H,1-3,10-12H2,4-6H3/t13-,17+/m0/s1. The van der Waals surface area contributed by atoms with Crippen LogP contribution in [0.5, 0.6) is 0 Å². The summed E-state index contributed by atoms with van der Waals surface area (Å²) in [6, 6.07) is -0.185. The van der Waals surface area contributed by atoms with Gasteiger partial charge < -0.3 is 9.47 Å². The SMILES string of the molecule is C=CC(=O)OC[C@@]1(C=C)CC[C@H](C=C)N1C(=O)OC(C)(C)C. The van der Waals surface area contributed by atoms with Gasteiger partial charge in [-0.25, -0.2) is 9.59 Å². The average molecular weight is 307 g/mol. The first-order valence-corrected chi connectivity index (χ1v) is 7.27. The lowest BCUT2D eigenvalue weighted by atomic mass is 9.98. The number of rotatable bonds is 5. The van der Waals surface area contributed by atoms with E-state index in [2.05, 4.69) is 19.7 Å². The Kier molecular flexibility index (Phi) is 5.58. The van der Waals surface area contributed by atoms with Gasteiger partial charge in [-0.3, -0.25) is 4.90 Å². The maximum absolute atomic E-state index is 12.6. The van der Waals surface area contributed by atoms with E-state index in [4.69, 9.17) is 9.47 Å². The van der Waals surface area contributed by atoms with Crippen molar-refractivity contribution < 1.29 is 19.1 Å². The summed E-state index contributed by atoms with van der Waals surface area (Å²) in [4.78, 5) is 25.5. The zero-order valence-electron chi connectivity index (χ0n) is 13.6. The van der Waals surface area contributed by atoms with Gasteiger partial charge >= 0.3 is 12.1 Å². The molecular weight excluding hydrogens is 282 g/mol. The van der Waals surface area contributed by atoms with Gasteiger partial charge in [0.2, 0.25) is 0 Å². The van der Waals surface area contributed by atoms with Gasteiger partial charge in [-0.1, -0.05) is 18.7 Å². The van der Waals surface area contributed by atoms with Crippen LogP contribution in [-0.4, -0.2) is 40.8 Å². The van der Waals surface area contributed by atoms with Gasteiger partial charge in [-0.15, -0.1) is 13.2 Å². The lowest BCUT2D eigenvalue weighted by molar-refractivity contribution is -0.140. The van der Waals surface area contributed by atoms with Gasteiger partial charge in [0.25, 0.3) is 0 Å². The van der Waals surface area contributed by atoms with Crippen molar-refractivity contribution in [2.75, 3.05) is 6.61 Å². The van der Waals surface area contributed by atoms with Crippen LogP contribution in [0.15, 0.2) is 38.0 Å². The van der Waals surface area contributed by atoms with Crippen molar-refractivity contribution in [1.82, 2.24) is 4.90 Å². The summed E-state index contributed by atoms with van der Waals surface area (Å²) in [6.45, 7) is 16.4. The fraction of sp³-hybridized carbons (Fsp3) is 0.529. The number of amides is 1. The highest BCUT2D eigenvalue weighted by atomic mass is 16.6. The Morgan fingerprint density at radius 1 is 1.32 bits per heavy atom. The molecule has 1 saturated heterocycles. The summed E-state index contributed by atoms with van der Waals surface area (Å²) in [5, 5.41) is 0. The lowest BCUT2D eigenvalue weighted by Crippen LogP contribution is -2.53. The Morgan fingerprint density at radius 3 is 2.41 bits per heavy atom. The van der Waals surface area contributed by atoms with Gasteiger partial charge in [0, 0.05) is 6.08 Å². The van der Waals surface area contributed by atoms with Crippen molar-refractivity contribution in [3.8, 4) is 0 Å². The number of hydrogen-bond donors (Lipinski definition) is 0. The minimum Gasteiger partial charge on any atom is -0.460 e. The van der Waals surface area contributed by atoms with Crippen molar-refractivity contribution in [2.45, 2.75) is 50.8 Å². The van der Waals surface area contributed by atoms with Gasteiger partial charge in [0.1, 0.15) is 12.2 Å². The number of carbonyl (C=O) groups is 2. The van der Waals surface area contributed by atoms with Crippen molar-refractivity contribution in [3.05, 3.63) is 38.0 Å². The monoisotopic (exact) mass is 307 g/mol. The molecule has 1 heterocycles. The van der Waals surface area contributed by atoms with Crippen molar-refractivity contribution in [2.24, 2.45) is 0 Å². The lowest BCUT2D eigenvalue weighted by Gasteiger charge is -2.38. The quantitative estimate of drug-likeness (QED) is 0.444. The molecule has 0 radical (unpaired) electrons. The van der Waals surface area contributed by atoms with Crippen LogP contribution < -0.4 is 0 Å². The fourth-order valence-corrected chi connectivity index (χ4v) is 2.49. The Balaban J connectivity index is 3.04. The number of hydrogen-bond acceptors (Lipinski definition) is 4. The Morgan fingerprint density at radius 2 is 1.95 bits per heavy atom. The molecule has 1 rings (SSSR count). The molecule has 0 aromatic heterocycles. The van der Waals surface area contributed by atoms with E-state index >= 15 is 0 Å². The third kappa shape index (κ3) is 4.00. The predicted octanol–water partition coefficient (Wildman–Crippen LogP) is 3.23. The Hall–Kier alpha value is -2.04. The average Bonchev–Trinajstić information content (AvgIpc) is 2.82. The first-order chi connectivity index (χ1) is 10.2. The third-order valence-electron chi connectivity index (χ3n) is 3.56. The highest BCUT2D eigenvalue weighted by molar-refractivity contribution is 5.81. The summed E-state index contributed by atoms with van der Waals surface area (Å²) < 4.78 is 10.6. The maximum Gasteiger partial charge on any atom is 0.411 e. The fourth-order valence-electron chi connectivity index (χ4n) is 2.49. The number of likely N-dealkylation sites (tertiary alicyclic amines) is 1. The van der Waals surface area contributed by atoms with E-state index in [-0.39, 0.29) is 12.6 Å². The molecule has 0 aromatic rings. The molecule has 0 unspecified atom stereocenters. The van der Waals surface area contributed by atoms with Crippen LogP contribution >= 0.6 is 0 Å². The van der Waals surface area contributed by atoms with E-state index in [1.807, 2.05) is 0 Å². The maximum atomic E-state index is 12.6. The largest absolute Gasteiger partial charge is 0.460 e. The molecule has 1 fully saturated rings. The second kappa shape index (κ2) is 6.81. The molecule has 5 nitrogen and oxygen atoms in total. The van der Waals surface area contributed by atoms with Crippen molar-refractivity contribution >= 4 is 12.1 Å². The molecule has 122 valence electrons. The molecule has 0 aromatic carbocycles. The molecular formula is C17H25NO4. The molecule has 1 aliphatic heterocycles. The van der Waals surface area contributed by atoms with Crippen molar-refractivity contribution in [3.63, 3.8) is 0 Å². The first-order valence-electron chi connectivity index (χ1n) is 7.27. The number of ether oxygens (including phenoxy) is 2. The molecule has 0 saturated carbocycles. The van der Waals surface area contributed by atoms with Crippen LogP contribution in [0.25, 0.3) is 0 Å². The molecule has 0 aliphatic carbocycles. The van der Waals surface area contributed by atoms with E-state index in [0.717, 1.165) is 6.08 Å². The van der Waals surface area contributed by atoms with Crippen LogP contribution in [0.1, 0.15) is 33.6 Å². The number of nitrogens with zero attached hydrogens (tertiary/aromatic N) is 1. The zero-order valence-corrected chi connectivity index (χ0v) is 13.6. The second-order valence-corrected chi connectivity index (χ2v) is 6.31. The zero-order chi connectivity index (χ0) is 17.0. The van der Waals surface area contributed by atoms with Gasteiger partial charge in [0.05, 0.1) is 11.6 Å². The molecule has 1 aliphatic rings. The van der Waals surface area contributed by atoms with Crippen LogP contribution in [-0.2, 0) is 14.3 Å². The number of esters is 1. The van der Waals surface area contributed by atoms with Crippen LogP contribution in [0.3, 0.4) is 0 Å². The van der Waals surface area contributed by atoms with E-state index < -0.39 is 23.2 Å². The van der Waals surface area contributed by atoms with Crippen LogP contribution in [0, 0.1) is 0 Å². The summed E-state index contributed by atoms with van der Waals surface area (Å²) in [5.41, 5.74) is -1.41. The van der Waals surface area contributed by atoms with Crippen LogP contribution in [0.4, 0.5) is 4.79 Å². The summed E-state index contributed by atoms with van der Waals surface area (Å²) >= 11 is 0. The Bertz CT molecular complexity index is 478. The van der Waals surface area contributed by atoms with E-state index in [1.54, 1.807) is 37.8 Å². The normalized spacial score (nSPS) is 24.5. The molecule has 1 amide bonds. The summed E-state index contributed by atoms with van der Waals surface area (Å²) in [7, 11) is 0. The van der Waals surface area contributed by atoms with Crippen LogP contribution in [0.2, 0.25) is 0 Å². The molecule has 0 bridgehead atoms. The second-order valence-electron chi connectivity index (χ2n) is 6.31.